The molecular formula is C14H19NO2. The lowest BCUT2D eigenvalue weighted by atomic mass is 9.70. The van der Waals surface area contributed by atoms with Gasteiger partial charge in [0.15, 0.2) is 0 Å². The highest BCUT2D eigenvalue weighted by molar-refractivity contribution is 5.92. The van der Waals surface area contributed by atoms with E-state index < -0.39 is 5.97 Å². The molecule has 17 heavy (non-hydrogen) atoms. The first-order valence-corrected chi connectivity index (χ1v) is 6.13. The number of hydrogen-bond acceptors (Lipinski definition) is 3. The highest BCUT2D eigenvalue weighted by Gasteiger charge is 2.62. The van der Waals surface area contributed by atoms with Crippen LogP contribution in [-0.4, -0.2) is 12.1 Å². The molecule has 2 rings (SSSR count). The van der Waals surface area contributed by atoms with E-state index in [0.717, 1.165) is 12.8 Å². The van der Waals surface area contributed by atoms with E-state index in [2.05, 4.69) is 27.4 Å². The van der Waals surface area contributed by atoms with Crippen LogP contribution in [-0.2, 0) is 9.53 Å². The van der Waals surface area contributed by atoms with Gasteiger partial charge in [0.1, 0.15) is 17.7 Å². The molecule has 0 N–H and O–H groups in total. The minimum atomic E-state index is -0.554. The van der Waals surface area contributed by atoms with E-state index in [9.17, 15) is 4.79 Å². The molecule has 0 heterocycles. The molecule has 0 saturated heterocycles. The Balaban J connectivity index is 2.14. The minimum absolute atomic E-state index is 0.0447. The number of rotatable bonds is 2. The number of carbonyl (C=O) groups is 1. The summed E-state index contributed by atoms with van der Waals surface area (Å²) in [6.07, 6.45) is 3.18. The molecular weight excluding hydrogens is 214 g/mol. The number of hydrogen-bond donors (Lipinski definition) is 0. The SMILES string of the molecule is C=C(C#N)C(=O)OC1CC2CCC1(C)C2(C)C. The van der Waals surface area contributed by atoms with Gasteiger partial charge in [0.2, 0.25) is 0 Å². The summed E-state index contributed by atoms with van der Waals surface area (Å²) in [6.45, 7) is 10.1. The number of ether oxygens (including phenoxy) is 1. The zero-order chi connectivity index (χ0) is 12.8. The van der Waals surface area contributed by atoms with E-state index in [-0.39, 0.29) is 22.5 Å². The maximum Gasteiger partial charge on any atom is 0.348 e. The molecule has 0 radical (unpaired) electrons. The second-order valence-corrected chi connectivity index (χ2v) is 6.09. The third kappa shape index (κ3) is 1.50. The lowest BCUT2D eigenvalue weighted by Crippen LogP contribution is -2.38. The average molecular weight is 233 g/mol. The molecule has 2 fully saturated rings. The molecule has 3 heteroatoms. The summed E-state index contributed by atoms with van der Waals surface area (Å²) in [7, 11) is 0. The van der Waals surface area contributed by atoms with E-state index in [4.69, 9.17) is 10.00 Å². The second kappa shape index (κ2) is 3.60. The Bertz CT molecular complexity index is 418. The van der Waals surface area contributed by atoms with Crippen LogP contribution in [0.3, 0.4) is 0 Å². The summed E-state index contributed by atoms with van der Waals surface area (Å²) in [5.41, 5.74) is 0.156. The lowest BCUT2D eigenvalue weighted by Gasteiger charge is -2.38. The van der Waals surface area contributed by atoms with Crippen molar-refractivity contribution in [2.45, 2.75) is 46.1 Å². The lowest BCUT2D eigenvalue weighted by molar-refractivity contribution is -0.151. The largest absolute Gasteiger partial charge is 0.458 e. The molecule has 92 valence electrons. The summed E-state index contributed by atoms with van der Waals surface area (Å²) in [4.78, 5) is 11.6. The molecule has 0 spiro atoms. The van der Waals surface area contributed by atoms with Crippen molar-refractivity contribution in [3.8, 4) is 6.07 Å². The van der Waals surface area contributed by atoms with Crippen molar-refractivity contribution in [2.24, 2.45) is 16.7 Å². The summed E-state index contributed by atoms with van der Waals surface area (Å²) < 4.78 is 5.48. The number of nitrogens with zero attached hydrogens (tertiary/aromatic N) is 1. The van der Waals surface area contributed by atoms with Gasteiger partial charge in [-0.1, -0.05) is 27.4 Å². The van der Waals surface area contributed by atoms with Crippen LogP contribution in [0.4, 0.5) is 0 Å². The summed E-state index contributed by atoms with van der Waals surface area (Å²) in [5.74, 6) is 0.0720. The monoisotopic (exact) mass is 233 g/mol. The van der Waals surface area contributed by atoms with Gasteiger partial charge in [-0.3, -0.25) is 0 Å². The zero-order valence-corrected chi connectivity index (χ0v) is 10.7. The molecule has 2 aliphatic rings. The highest BCUT2D eigenvalue weighted by Crippen LogP contribution is 2.66. The predicted octanol–water partition coefficient (Wildman–Crippen LogP) is 2.82. The predicted molar refractivity (Wildman–Crippen MR) is 63.9 cm³/mol. The molecule has 0 aromatic heterocycles. The molecule has 0 amide bonds. The van der Waals surface area contributed by atoms with Crippen LogP contribution in [0.2, 0.25) is 0 Å². The molecule has 3 unspecified atom stereocenters. The van der Waals surface area contributed by atoms with Crippen LogP contribution in [0, 0.1) is 28.1 Å². The fourth-order valence-corrected chi connectivity index (χ4v) is 3.55. The van der Waals surface area contributed by atoms with E-state index in [1.165, 1.54) is 6.42 Å². The summed E-state index contributed by atoms with van der Waals surface area (Å²) in [5, 5.41) is 8.63. The number of fused-ring (bicyclic) bond motifs is 2. The summed E-state index contributed by atoms with van der Waals surface area (Å²) >= 11 is 0. The van der Waals surface area contributed by atoms with Crippen molar-refractivity contribution >= 4 is 5.97 Å². The Kier molecular flexibility index (Phi) is 2.57. The van der Waals surface area contributed by atoms with Crippen molar-refractivity contribution in [1.82, 2.24) is 0 Å². The molecule has 2 bridgehead atoms. The molecule has 2 saturated carbocycles. The van der Waals surface area contributed by atoms with Crippen molar-refractivity contribution in [3.63, 3.8) is 0 Å². The van der Waals surface area contributed by atoms with Crippen LogP contribution in [0.25, 0.3) is 0 Å². The van der Waals surface area contributed by atoms with Gasteiger partial charge in [-0.2, -0.15) is 5.26 Å². The van der Waals surface area contributed by atoms with Gasteiger partial charge >= 0.3 is 5.97 Å². The zero-order valence-electron chi connectivity index (χ0n) is 10.7. The fraction of sp³-hybridized carbons (Fsp3) is 0.714. The normalized spacial score (nSPS) is 37.5. The number of nitriles is 1. The fourth-order valence-electron chi connectivity index (χ4n) is 3.55. The summed E-state index contributed by atoms with van der Waals surface area (Å²) in [6, 6.07) is 1.75. The van der Waals surface area contributed by atoms with E-state index in [1.807, 2.05) is 0 Å². The van der Waals surface area contributed by atoms with Gasteiger partial charge < -0.3 is 4.74 Å². The van der Waals surface area contributed by atoms with Crippen molar-refractivity contribution in [3.05, 3.63) is 12.2 Å². The van der Waals surface area contributed by atoms with Gasteiger partial charge in [0.25, 0.3) is 0 Å². The van der Waals surface area contributed by atoms with Crippen molar-refractivity contribution in [2.75, 3.05) is 0 Å². The first-order chi connectivity index (χ1) is 7.83. The Morgan fingerprint density at radius 1 is 1.47 bits per heavy atom. The molecule has 0 aromatic rings. The molecule has 3 atom stereocenters. The standard InChI is InChI=1S/C14H19NO2/c1-9(8-15)12(16)17-11-7-10-5-6-14(11,4)13(10,2)3/h10-11H,1,5-7H2,2-4H3. The maximum absolute atomic E-state index is 11.6. The van der Waals surface area contributed by atoms with Gasteiger partial charge in [-0.25, -0.2) is 4.79 Å². The van der Waals surface area contributed by atoms with Crippen molar-refractivity contribution in [1.29, 1.82) is 5.26 Å². The Morgan fingerprint density at radius 3 is 2.53 bits per heavy atom. The maximum atomic E-state index is 11.6. The quantitative estimate of drug-likeness (QED) is 0.418. The van der Waals surface area contributed by atoms with Crippen molar-refractivity contribution < 1.29 is 9.53 Å². The van der Waals surface area contributed by atoms with Crippen LogP contribution in [0.5, 0.6) is 0 Å². The average Bonchev–Trinajstić information content (AvgIpc) is 2.60. The first-order valence-electron chi connectivity index (χ1n) is 6.13. The molecule has 0 aliphatic heterocycles. The van der Waals surface area contributed by atoms with Gasteiger partial charge in [-0.15, -0.1) is 0 Å². The topological polar surface area (TPSA) is 50.1 Å². The van der Waals surface area contributed by atoms with Gasteiger partial charge in [0.05, 0.1) is 0 Å². The highest BCUT2D eigenvalue weighted by atomic mass is 16.5. The van der Waals surface area contributed by atoms with E-state index in [1.54, 1.807) is 6.07 Å². The smallest absolute Gasteiger partial charge is 0.348 e. The minimum Gasteiger partial charge on any atom is -0.458 e. The molecule has 3 nitrogen and oxygen atoms in total. The second-order valence-electron chi connectivity index (χ2n) is 6.09. The van der Waals surface area contributed by atoms with Crippen LogP contribution >= 0.6 is 0 Å². The molecule has 0 aromatic carbocycles. The van der Waals surface area contributed by atoms with E-state index in [0.29, 0.717) is 5.92 Å². The van der Waals surface area contributed by atoms with Gasteiger partial charge in [-0.05, 0) is 30.6 Å². The van der Waals surface area contributed by atoms with E-state index >= 15 is 0 Å². The number of esters is 1. The third-order valence-electron chi connectivity index (χ3n) is 5.34. The first kappa shape index (κ1) is 12.2. The van der Waals surface area contributed by atoms with Crippen LogP contribution < -0.4 is 0 Å². The Morgan fingerprint density at radius 2 is 2.12 bits per heavy atom. The van der Waals surface area contributed by atoms with Crippen LogP contribution in [0.15, 0.2) is 12.2 Å². The Hall–Kier alpha value is -1.30. The third-order valence-corrected chi connectivity index (χ3v) is 5.34. The number of carbonyl (C=O) groups excluding carboxylic acids is 1. The van der Waals surface area contributed by atoms with Gasteiger partial charge in [0, 0.05) is 5.41 Å². The molecule has 2 aliphatic carbocycles. The van der Waals surface area contributed by atoms with Crippen LogP contribution in [0.1, 0.15) is 40.0 Å². The Labute approximate surface area is 102 Å².